The van der Waals surface area contributed by atoms with Crippen LogP contribution in [0.4, 0.5) is 0 Å². The number of carboxylic acid groups (broad SMARTS) is 1. The van der Waals surface area contributed by atoms with Crippen LogP contribution in [0.2, 0.25) is 0 Å². The van der Waals surface area contributed by atoms with Crippen LogP contribution in [0.5, 0.6) is 0 Å². The van der Waals surface area contributed by atoms with E-state index in [-0.39, 0.29) is 0 Å². The van der Waals surface area contributed by atoms with E-state index in [0.29, 0.717) is 4.88 Å². The number of aromatic carboxylic acids is 1. The minimum Gasteiger partial charge on any atom is -0.474 e. The van der Waals surface area contributed by atoms with E-state index in [4.69, 9.17) is 11.5 Å². The van der Waals surface area contributed by atoms with Crippen LogP contribution < -0.4 is 0 Å². The Morgan fingerprint density at radius 1 is 1.80 bits per heavy atom. The van der Waals surface area contributed by atoms with Gasteiger partial charge in [0.2, 0.25) is 0 Å². The van der Waals surface area contributed by atoms with E-state index in [0.717, 1.165) is 0 Å². The summed E-state index contributed by atoms with van der Waals surface area (Å²) in [5, 5.41) is 12.6. The fraction of sp³-hybridized carbons (Fsp3) is 0. The second kappa shape index (κ2) is 2.54. The second-order valence-electron chi connectivity index (χ2n) is 1.62. The first-order valence-corrected chi connectivity index (χ1v) is 3.85. The zero-order valence-corrected chi connectivity index (χ0v) is 5.89. The molecule has 1 aromatic heterocycles. The van der Waals surface area contributed by atoms with E-state index in [9.17, 15) is 4.79 Å². The maximum atomic E-state index is 10.4. The van der Waals surface area contributed by atoms with Crippen LogP contribution in [0.3, 0.4) is 0 Å². The van der Waals surface area contributed by atoms with E-state index in [1.54, 1.807) is 11.4 Å². The van der Waals surface area contributed by atoms with Crippen LogP contribution in [0, 0.1) is 11.7 Å². The third-order valence-electron chi connectivity index (χ3n) is 1.04. The molecule has 2 nitrogen and oxygen atoms in total. The molecule has 0 aromatic carbocycles. The van der Waals surface area contributed by atoms with Crippen LogP contribution >= 0.6 is 10.5 Å². The summed E-state index contributed by atoms with van der Waals surface area (Å²) in [6.07, 6.45) is 5.07. The van der Waals surface area contributed by atoms with E-state index in [1.807, 2.05) is 0 Å². The SMILES string of the molecule is C#C[s+]1cccc1C(=O)O. The highest BCUT2D eigenvalue weighted by molar-refractivity contribution is 7.37. The molecule has 50 valence electrons. The summed E-state index contributed by atoms with van der Waals surface area (Å²) in [6.45, 7) is 0. The fourth-order valence-electron chi connectivity index (χ4n) is 0.620. The molecule has 0 aliphatic heterocycles. The summed E-state index contributed by atoms with van der Waals surface area (Å²) < 4.78 is 0. The predicted molar refractivity (Wildman–Crippen MR) is 40.1 cm³/mol. The van der Waals surface area contributed by atoms with Crippen molar-refractivity contribution in [3.8, 4) is 11.7 Å². The molecule has 1 rings (SSSR count). The maximum Gasteiger partial charge on any atom is 0.390 e. The van der Waals surface area contributed by atoms with E-state index in [1.165, 1.54) is 6.07 Å². The van der Waals surface area contributed by atoms with Crippen molar-refractivity contribution in [2.24, 2.45) is 0 Å². The number of carboxylic acids is 1. The Kier molecular flexibility index (Phi) is 1.74. The highest BCUT2D eigenvalue weighted by atomic mass is 32.2. The fourth-order valence-corrected chi connectivity index (χ4v) is 1.62. The molecule has 10 heavy (non-hydrogen) atoms. The summed E-state index contributed by atoms with van der Waals surface area (Å²) in [7, 11) is -0.593. The Balaban J connectivity index is 3.17. The summed E-state index contributed by atoms with van der Waals surface area (Å²) in [6, 6.07) is 3.21. The van der Waals surface area contributed by atoms with Crippen LogP contribution in [0.15, 0.2) is 17.5 Å². The molecule has 1 heterocycles. The molecule has 1 atom stereocenters. The Morgan fingerprint density at radius 2 is 2.50 bits per heavy atom. The molecule has 0 aliphatic carbocycles. The van der Waals surface area contributed by atoms with E-state index in [2.05, 4.69) is 5.25 Å². The van der Waals surface area contributed by atoms with Gasteiger partial charge in [0.1, 0.15) is 0 Å². The lowest BCUT2D eigenvalue weighted by Gasteiger charge is -1.77. The third-order valence-corrected chi connectivity index (χ3v) is 2.50. The Hall–Kier alpha value is -1.27. The first-order chi connectivity index (χ1) is 4.75. The second-order valence-corrected chi connectivity index (χ2v) is 3.24. The summed E-state index contributed by atoms with van der Waals surface area (Å²) >= 11 is 0. The van der Waals surface area contributed by atoms with Gasteiger partial charge in [0.15, 0.2) is 10.6 Å². The normalized spacial score (nSPS) is 10.5. The highest BCUT2D eigenvalue weighted by Gasteiger charge is 2.17. The molecule has 0 saturated heterocycles. The first-order valence-electron chi connectivity index (χ1n) is 2.57. The van der Waals surface area contributed by atoms with Gasteiger partial charge in [0.25, 0.3) is 4.88 Å². The molecular formula is C7H5O2S+. The number of terminal acetylenes is 1. The molecule has 1 aromatic rings. The average molecular weight is 153 g/mol. The molecule has 0 bridgehead atoms. The topological polar surface area (TPSA) is 37.3 Å². The molecule has 0 amide bonds. The van der Waals surface area contributed by atoms with Crippen LogP contribution in [-0.2, 0) is 0 Å². The molecular weight excluding hydrogens is 148 g/mol. The van der Waals surface area contributed by atoms with Crippen molar-refractivity contribution in [1.29, 1.82) is 0 Å². The smallest absolute Gasteiger partial charge is 0.390 e. The van der Waals surface area contributed by atoms with Crippen LogP contribution in [0.25, 0.3) is 0 Å². The van der Waals surface area contributed by atoms with Crippen LogP contribution in [-0.4, -0.2) is 11.1 Å². The number of hydrogen-bond donors (Lipinski definition) is 1. The Bertz CT molecular complexity index is 293. The molecule has 0 aliphatic rings. The van der Waals surface area contributed by atoms with Gasteiger partial charge in [0.05, 0.1) is 10.5 Å². The van der Waals surface area contributed by atoms with Crippen LogP contribution in [0.1, 0.15) is 9.67 Å². The first kappa shape index (κ1) is 6.84. The van der Waals surface area contributed by atoms with Gasteiger partial charge in [-0.3, -0.25) is 0 Å². The van der Waals surface area contributed by atoms with Crippen molar-refractivity contribution >= 4 is 16.4 Å². The summed E-state index contributed by atoms with van der Waals surface area (Å²) in [5.74, 6) is -0.925. The molecule has 0 fully saturated rings. The standard InChI is InChI=1S/C7H4O2S/c1-2-10-5-3-4-6(10)7(8)9/h1,3-5H/p+1. The Labute approximate surface area is 61.1 Å². The summed E-state index contributed by atoms with van der Waals surface area (Å²) in [4.78, 5) is 10.7. The van der Waals surface area contributed by atoms with Crippen molar-refractivity contribution in [3.05, 3.63) is 22.4 Å². The zero-order valence-electron chi connectivity index (χ0n) is 5.07. The third kappa shape index (κ3) is 1.02. The molecule has 1 unspecified atom stereocenters. The number of carbonyl (C=O) groups is 1. The lowest BCUT2D eigenvalue weighted by Crippen LogP contribution is -1.91. The Morgan fingerprint density at radius 3 is 2.90 bits per heavy atom. The lowest BCUT2D eigenvalue weighted by atomic mass is 10.5. The number of thiophene rings is 1. The molecule has 3 heteroatoms. The van der Waals surface area contributed by atoms with Gasteiger partial charge < -0.3 is 5.11 Å². The van der Waals surface area contributed by atoms with Gasteiger partial charge in [-0.25, -0.2) is 4.79 Å². The predicted octanol–water partition coefficient (Wildman–Crippen LogP) is 1.57. The summed E-state index contributed by atoms with van der Waals surface area (Å²) in [5.41, 5.74) is 0. The van der Waals surface area contributed by atoms with Crippen molar-refractivity contribution < 1.29 is 9.90 Å². The van der Waals surface area contributed by atoms with Crippen molar-refractivity contribution in [1.82, 2.24) is 0 Å². The average Bonchev–Trinajstić information content (AvgIpc) is 2.33. The minimum absolute atomic E-state index is 0.308. The molecule has 1 N–H and O–H groups in total. The number of hydrogen-bond acceptors (Lipinski definition) is 1. The van der Waals surface area contributed by atoms with Crippen molar-refractivity contribution in [2.45, 2.75) is 0 Å². The maximum absolute atomic E-state index is 10.4. The van der Waals surface area contributed by atoms with Gasteiger partial charge in [0, 0.05) is 6.07 Å². The monoisotopic (exact) mass is 153 g/mol. The lowest BCUT2D eigenvalue weighted by molar-refractivity contribution is 0.0702. The number of rotatable bonds is 1. The van der Waals surface area contributed by atoms with Gasteiger partial charge >= 0.3 is 5.97 Å². The van der Waals surface area contributed by atoms with Gasteiger partial charge in [-0.05, 0) is 6.07 Å². The quantitative estimate of drug-likeness (QED) is 0.491. The zero-order chi connectivity index (χ0) is 7.56. The minimum atomic E-state index is -0.925. The molecule has 0 spiro atoms. The van der Waals surface area contributed by atoms with Gasteiger partial charge in [-0.1, -0.05) is 6.42 Å². The largest absolute Gasteiger partial charge is 0.474 e. The van der Waals surface area contributed by atoms with Gasteiger partial charge in [-0.15, -0.1) is 0 Å². The molecule has 0 saturated carbocycles. The molecule has 0 radical (unpaired) electrons. The van der Waals surface area contributed by atoms with Gasteiger partial charge in [-0.2, -0.15) is 0 Å². The van der Waals surface area contributed by atoms with Crippen molar-refractivity contribution in [2.75, 3.05) is 0 Å². The van der Waals surface area contributed by atoms with E-state index >= 15 is 0 Å². The van der Waals surface area contributed by atoms with Crippen molar-refractivity contribution in [3.63, 3.8) is 0 Å². The van der Waals surface area contributed by atoms with E-state index < -0.39 is 16.4 Å². The highest BCUT2D eigenvalue weighted by Crippen LogP contribution is 2.21.